The zero-order chi connectivity index (χ0) is 14.6. The molecule has 1 heterocycles. The molecule has 0 unspecified atom stereocenters. The first-order chi connectivity index (χ1) is 9.53. The molecule has 2 rings (SSSR count). The van der Waals surface area contributed by atoms with Gasteiger partial charge in [0.15, 0.2) is 5.84 Å². The number of hydrogen-bond acceptors (Lipinski definition) is 5. The number of nitrogens with zero attached hydrogens (tertiary/aromatic N) is 2. The smallest absolute Gasteiger partial charge is 0.170 e. The Balaban J connectivity index is 2.01. The van der Waals surface area contributed by atoms with Crippen molar-refractivity contribution in [1.82, 2.24) is 10.3 Å². The minimum atomic E-state index is -0.168. The fourth-order valence-electron chi connectivity index (χ4n) is 1.78. The molecular weight excluding hydrogens is 272 g/mol. The second-order valence-electron chi connectivity index (χ2n) is 5.00. The van der Waals surface area contributed by atoms with Crippen LogP contribution in [0.2, 0.25) is 0 Å². The van der Waals surface area contributed by atoms with Gasteiger partial charge in [0.25, 0.3) is 0 Å². The fraction of sp³-hybridized carbons (Fsp3) is 0.286. The van der Waals surface area contributed by atoms with Crippen molar-refractivity contribution in [3.8, 4) is 0 Å². The van der Waals surface area contributed by atoms with Gasteiger partial charge in [-0.05, 0) is 19.4 Å². The van der Waals surface area contributed by atoms with Gasteiger partial charge in [-0.3, -0.25) is 0 Å². The maximum atomic E-state index is 8.62. The molecule has 20 heavy (non-hydrogen) atoms. The molecule has 4 N–H and O–H groups in total. The van der Waals surface area contributed by atoms with E-state index in [0.717, 1.165) is 17.1 Å². The molecule has 6 heteroatoms. The molecule has 106 valence electrons. The van der Waals surface area contributed by atoms with E-state index in [2.05, 4.69) is 29.3 Å². The highest BCUT2D eigenvalue weighted by Crippen LogP contribution is 2.22. The highest BCUT2D eigenvalue weighted by molar-refractivity contribution is 7.09. The van der Waals surface area contributed by atoms with Crippen LogP contribution in [0.1, 0.15) is 30.0 Å². The van der Waals surface area contributed by atoms with Crippen molar-refractivity contribution in [1.29, 1.82) is 0 Å². The zero-order valence-electron chi connectivity index (χ0n) is 11.5. The van der Waals surface area contributed by atoms with Gasteiger partial charge in [0.1, 0.15) is 5.01 Å². The van der Waals surface area contributed by atoms with Crippen LogP contribution in [0.4, 0.5) is 0 Å². The van der Waals surface area contributed by atoms with Gasteiger partial charge >= 0.3 is 0 Å². The first kappa shape index (κ1) is 14.5. The SMILES string of the molecule is CC(C)(NCc1ccc(/C(N)=N/O)cc1)c1nccs1. The first-order valence-corrected chi connectivity index (χ1v) is 7.13. The number of benzene rings is 1. The number of nitrogens with one attached hydrogen (secondary N) is 1. The molecule has 1 aromatic carbocycles. The summed E-state index contributed by atoms with van der Waals surface area (Å²) >= 11 is 1.64. The highest BCUT2D eigenvalue weighted by atomic mass is 32.1. The average Bonchev–Trinajstić information content (AvgIpc) is 3.00. The number of hydrogen-bond donors (Lipinski definition) is 3. The van der Waals surface area contributed by atoms with Crippen molar-refractivity contribution in [2.75, 3.05) is 0 Å². The Hall–Kier alpha value is -1.92. The van der Waals surface area contributed by atoms with Crippen molar-refractivity contribution < 1.29 is 5.21 Å². The van der Waals surface area contributed by atoms with Gasteiger partial charge in [-0.2, -0.15) is 0 Å². The zero-order valence-corrected chi connectivity index (χ0v) is 12.3. The van der Waals surface area contributed by atoms with E-state index in [-0.39, 0.29) is 11.4 Å². The van der Waals surface area contributed by atoms with E-state index in [1.807, 2.05) is 35.8 Å². The van der Waals surface area contributed by atoms with Crippen molar-refractivity contribution in [2.24, 2.45) is 10.9 Å². The van der Waals surface area contributed by atoms with Crippen LogP contribution in [0.3, 0.4) is 0 Å². The molecule has 0 spiro atoms. The summed E-state index contributed by atoms with van der Waals surface area (Å²) in [4.78, 5) is 4.34. The third-order valence-corrected chi connectivity index (χ3v) is 4.16. The van der Waals surface area contributed by atoms with Crippen LogP contribution in [0.5, 0.6) is 0 Å². The number of aromatic nitrogens is 1. The molecular formula is C14H18N4OS. The minimum Gasteiger partial charge on any atom is -0.409 e. The summed E-state index contributed by atoms with van der Waals surface area (Å²) in [7, 11) is 0. The lowest BCUT2D eigenvalue weighted by Gasteiger charge is -2.24. The van der Waals surface area contributed by atoms with E-state index in [1.165, 1.54) is 0 Å². The molecule has 5 nitrogen and oxygen atoms in total. The molecule has 0 saturated carbocycles. The predicted molar refractivity (Wildman–Crippen MR) is 80.9 cm³/mol. The van der Waals surface area contributed by atoms with Crippen LogP contribution in [0.15, 0.2) is 41.0 Å². The quantitative estimate of drug-likeness (QED) is 0.341. The Labute approximate surface area is 122 Å². The van der Waals surface area contributed by atoms with Crippen LogP contribution in [-0.2, 0) is 12.1 Å². The molecule has 1 aromatic heterocycles. The minimum absolute atomic E-state index is 0.118. The summed E-state index contributed by atoms with van der Waals surface area (Å²) in [5, 5.41) is 18.1. The monoisotopic (exact) mass is 290 g/mol. The third kappa shape index (κ3) is 3.34. The van der Waals surface area contributed by atoms with Crippen molar-refractivity contribution in [3.63, 3.8) is 0 Å². The molecule has 0 aliphatic rings. The number of amidine groups is 1. The van der Waals surface area contributed by atoms with Crippen LogP contribution in [0, 0.1) is 0 Å². The van der Waals surface area contributed by atoms with Gasteiger partial charge in [-0.25, -0.2) is 4.98 Å². The Kier molecular flexibility index (Phi) is 4.36. The topological polar surface area (TPSA) is 83.5 Å². The van der Waals surface area contributed by atoms with E-state index in [0.29, 0.717) is 5.56 Å². The van der Waals surface area contributed by atoms with Crippen molar-refractivity contribution >= 4 is 17.2 Å². The average molecular weight is 290 g/mol. The summed E-state index contributed by atoms with van der Waals surface area (Å²) in [6, 6.07) is 7.58. The number of rotatable bonds is 5. The van der Waals surface area contributed by atoms with Gasteiger partial charge in [0.05, 0.1) is 5.54 Å². The Morgan fingerprint density at radius 3 is 2.65 bits per heavy atom. The summed E-state index contributed by atoms with van der Waals surface area (Å²) < 4.78 is 0. The first-order valence-electron chi connectivity index (χ1n) is 6.25. The molecule has 0 saturated heterocycles. The summed E-state index contributed by atoms with van der Waals surface area (Å²) in [6.07, 6.45) is 1.81. The predicted octanol–water partition coefficient (Wildman–Crippen LogP) is 2.26. The second-order valence-corrected chi connectivity index (χ2v) is 5.89. The molecule has 0 radical (unpaired) electrons. The van der Waals surface area contributed by atoms with Gasteiger partial charge < -0.3 is 16.3 Å². The van der Waals surface area contributed by atoms with E-state index in [9.17, 15) is 0 Å². The van der Waals surface area contributed by atoms with Gasteiger partial charge in [0.2, 0.25) is 0 Å². The lowest BCUT2D eigenvalue weighted by molar-refractivity contribution is 0.318. The van der Waals surface area contributed by atoms with Gasteiger partial charge in [-0.1, -0.05) is 29.4 Å². The number of thiazole rings is 1. The standard InChI is InChI=1S/C14H18N4OS/c1-14(2,13-16-7-8-20-13)17-9-10-3-5-11(6-4-10)12(15)18-19/h3-8,17,19H,9H2,1-2H3,(H2,15,18). The van der Waals surface area contributed by atoms with Crippen LogP contribution in [0.25, 0.3) is 0 Å². The molecule has 0 amide bonds. The van der Waals surface area contributed by atoms with Crippen LogP contribution in [-0.4, -0.2) is 16.0 Å². The van der Waals surface area contributed by atoms with Crippen LogP contribution >= 0.6 is 11.3 Å². The summed E-state index contributed by atoms with van der Waals surface area (Å²) in [5.74, 6) is 0.118. The van der Waals surface area contributed by atoms with Crippen molar-refractivity contribution in [2.45, 2.75) is 25.9 Å². The third-order valence-electron chi connectivity index (χ3n) is 3.06. The lowest BCUT2D eigenvalue weighted by atomic mass is 10.1. The Morgan fingerprint density at radius 2 is 2.10 bits per heavy atom. The lowest BCUT2D eigenvalue weighted by Crippen LogP contribution is -2.35. The Morgan fingerprint density at radius 1 is 1.40 bits per heavy atom. The van der Waals surface area contributed by atoms with Gasteiger partial charge in [-0.15, -0.1) is 11.3 Å². The van der Waals surface area contributed by atoms with E-state index in [1.54, 1.807) is 11.3 Å². The molecule has 0 aliphatic heterocycles. The normalized spacial score (nSPS) is 12.6. The molecule has 0 atom stereocenters. The van der Waals surface area contributed by atoms with Gasteiger partial charge in [0, 0.05) is 23.7 Å². The largest absolute Gasteiger partial charge is 0.409 e. The molecule has 0 fully saturated rings. The summed E-state index contributed by atoms with van der Waals surface area (Å²) in [5.41, 5.74) is 7.19. The second kappa shape index (κ2) is 6.02. The molecule has 0 aliphatic carbocycles. The number of oxime groups is 1. The maximum Gasteiger partial charge on any atom is 0.170 e. The van der Waals surface area contributed by atoms with Crippen LogP contribution < -0.4 is 11.1 Å². The number of nitrogens with two attached hydrogens (primary N) is 1. The molecule has 2 aromatic rings. The highest BCUT2D eigenvalue weighted by Gasteiger charge is 2.22. The van der Waals surface area contributed by atoms with E-state index >= 15 is 0 Å². The van der Waals surface area contributed by atoms with E-state index in [4.69, 9.17) is 10.9 Å². The fourth-order valence-corrected chi connectivity index (χ4v) is 2.52. The Bertz CT molecular complexity index is 576. The summed E-state index contributed by atoms with van der Waals surface area (Å²) in [6.45, 7) is 4.94. The maximum absolute atomic E-state index is 8.62. The van der Waals surface area contributed by atoms with Crippen molar-refractivity contribution in [3.05, 3.63) is 52.0 Å². The van der Waals surface area contributed by atoms with E-state index < -0.39 is 0 Å². The molecule has 0 bridgehead atoms.